The highest BCUT2D eigenvalue weighted by molar-refractivity contribution is 5.08. The third-order valence-corrected chi connectivity index (χ3v) is 4.85. The average Bonchev–Trinajstić information content (AvgIpc) is 2.29. The van der Waals surface area contributed by atoms with E-state index in [1.54, 1.807) is 5.57 Å². The molecule has 2 aliphatic rings. The van der Waals surface area contributed by atoms with Gasteiger partial charge in [-0.25, -0.2) is 0 Å². The van der Waals surface area contributed by atoms with Crippen molar-refractivity contribution < 1.29 is 0 Å². The summed E-state index contributed by atoms with van der Waals surface area (Å²) in [4.78, 5) is 0. The summed E-state index contributed by atoms with van der Waals surface area (Å²) in [5.74, 6) is 2.46. The fourth-order valence-corrected chi connectivity index (χ4v) is 3.81. The van der Waals surface area contributed by atoms with Crippen molar-refractivity contribution >= 4 is 0 Å². The molecule has 0 saturated heterocycles. The first-order valence-electron chi connectivity index (χ1n) is 7.57. The molecule has 0 amide bonds. The van der Waals surface area contributed by atoms with Crippen LogP contribution in [0.25, 0.3) is 0 Å². The van der Waals surface area contributed by atoms with Crippen molar-refractivity contribution in [3.8, 4) is 0 Å². The van der Waals surface area contributed by atoms with Gasteiger partial charge < -0.3 is 5.32 Å². The average molecular weight is 235 g/mol. The van der Waals surface area contributed by atoms with E-state index in [1.807, 2.05) is 0 Å². The summed E-state index contributed by atoms with van der Waals surface area (Å²) in [6, 6.07) is 0.815. The van der Waals surface area contributed by atoms with Gasteiger partial charge in [-0.15, -0.1) is 0 Å². The maximum atomic E-state index is 3.84. The fourth-order valence-electron chi connectivity index (χ4n) is 3.81. The van der Waals surface area contributed by atoms with Crippen molar-refractivity contribution in [2.24, 2.45) is 17.8 Å². The Hall–Kier alpha value is -0.300. The van der Waals surface area contributed by atoms with E-state index >= 15 is 0 Å². The van der Waals surface area contributed by atoms with Crippen molar-refractivity contribution in [3.05, 3.63) is 11.6 Å². The summed E-state index contributed by atoms with van der Waals surface area (Å²) in [5, 5.41) is 3.84. The number of rotatable bonds is 3. The van der Waals surface area contributed by atoms with Crippen LogP contribution in [0, 0.1) is 17.8 Å². The Morgan fingerprint density at radius 1 is 1.18 bits per heavy atom. The van der Waals surface area contributed by atoms with Crippen molar-refractivity contribution in [2.75, 3.05) is 6.54 Å². The highest BCUT2D eigenvalue weighted by Crippen LogP contribution is 2.33. The zero-order valence-electron chi connectivity index (χ0n) is 11.8. The standard InChI is InChI=1S/C16H29N/c1-12-9-13(2)16(14(3)10-12)11-17-15-7-5-4-6-8-15/h9,13-17H,4-8,10-11H2,1-3H3/t13-,14-,16+/m0/s1. The summed E-state index contributed by atoms with van der Waals surface area (Å²) in [6.45, 7) is 8.35. The van der Waals surface area contributed by atoms with E-state index in [4.69, 9.17) is 0 Å². The van der Waals surface area contributed by atoms with Gasteiger partial charge in [0.25, 0.3) is 0 Å². The van der Waals surface area contributed by atoms with E-state index in [0.29, 0.717) is 0 Å². The van der Waals surface area contributed by atoms with Crippen molar-refractivity contribution in [1.29, 1.82) is 0 Å². The number of nitrogens with one attached hydrogen (secondary N) is 1. The summed E-state index contributed by atoms with van der Waals surface area (Å²) in [7, 11) is 0. The zero-order chi connectivity index (χ0) is 12.3. The minimum Gasteiger partial charge on any atom is -0.314 e. The van der Waals surface area contributed by atoms with Gasteiger partial charge in [0.15, 0.2) is 0 Å². The molecular weight excluding hydrogens is 206 g/mol. The molecule has 0 aromatic carbocycles. The second kappa shape index (κ2) is 6.04. The van der Waals surface area contributed by atoms with E-state index < -0.39 is 0 Å². The molecule has 1 fully saturated rings. The first-order valence-corrected chi connectivity index (χ1v) is 7.57. The van der Waals surface area contributed by atoms with Crippen molar-refractivity contribution in [1.82, 2.24) is 5.32 Å². The van der Waals surface area contributed by atoms with Crippen LogP contribution in [-0.4, -0.2) is 12.6 Å². The van der Waals surface area contributed by atoms with Crippen LogP contribution in [0.5, 0.6) is 0 Å². The van der Waals surface area contributed by atoms with Crippen LogP contribution in [0.2, 0.25) is 0 Å². The number of allylic oxidation sites excluding steroid dienone is 2. The maximum absolute atomic E-state index is 3.84. The number of hydrogen-bond donors (Lipinski definition) is 1. The minimum atomic E-state index is 0.759. The van der Waals surface area contributed by atoms with Gasteiger partial charge in [0.05, 0.1) is 0 Å². The Balaban J connectivity index is 1.81. The number of hydrogen-bond acceptors (Lipinski definition) is 1. The second-order valence-electron chi connectivity index (χ2n) is 6.46. The molecule has 1 N–H and O–H groups in total. The Morgan fingerprint density at radius 3 is 2.53 bits per heavy atom. The predicted octanol–water partition coefficient (Wildman–Crippen LogP) is 4.15. The van der Waals surface area contributed by atoms with E-state index in [1.165, 1.54) is 45.1 Å². The van der Waals surface area contributed by atoms with Gasteiger partial charge in [-0.3, -0.25) is 0 Å². The van der Waals surface area contributed by atoms with Crippen LogP contribution in [0.15, 0.2) is 11.6 Å². The summed E-state index contributed by atoms with van der Waals surface area (Å²) in [6.07, 6.45) is 10.9. The van der Waals surface area contributed by atoms with Crippen LogP contribution in [0.3, 0.4) is 0 Å². The minimum absolute atomic E-state index is 0.759. The third kappa shape index (κ3) is 3.58. The van der Waals surface area contributed by atoms with Gasteiger partial charge in [0, 0.05) is 6.04 Å². The topological polar surface area (TPSA) is 12.0 Å². The molecule has 0 spiro atoms. The van der Waals surface area contributed by atoms with Gasteiger partial charge in [0.1, 0.15) is 0 Å². The van der Waals surface area contributed by atoms with Gasteiger partial charge in [-0.1, -0.05) is 44.8 Å². The molecule has 98 valence electrons. The molecular formula is C16H29N. The van der Waals surface area contributed by atoms with Gasteiger partial charge in [-0.2, -0.15) is 0 Å². The molecule has 1 nitrogen and oxygen atoms in total. The van der Waals surface area contributed by atoms with E-state index in [0.717, 1.165) is 23.8 Å². The first-order chi connectivity index (χ1) is 8.16. The summed E-state index contributed by atoms with van der Waals surface area (Å²) >= 11 is 0. The molecule has 0 aromatic rings. The molecule has 17 heavy (non-hydrogen) atoms. The lowest BCUT2D eigenvalue weighted by molar-refractivity contribution is 0.240. The normalized spacial score (nSPS) is 35.7. The maximum Gasteiger partial charge on any atom is 0.00671 e. The molecule has 0 aliphatic heterocycles. The van der Waals surface area contributed by atoms with Crippen LogP contribution in [-0.2, 0) is 0 Å². The molecule has 0 heterocycles. The smallest absolute Gasteiger partial charge is 0.00671 e. The molecule has 2 aliphatic carbocycles. The van der Waals surface area contributed by atoms with Crippen molar-refractivity contribution in [3.63, 3.8) is 0 Å². The molecule has 3 atom stereocenters. The quantitative estimate of drug-likeness (QED) is 0.725. The zero-order valence-corrected chi connectivity index (χ0v) is 11.8. The van der Waals surface area contributed by atoms with Crippen LogP contribution >= 0.6 is 0 Å². The van der Waals surface area contributed by atoms with Gasteiger partial charge in [-0.05, 0) is 50.5 Å². The SMILES string of the molecule is CC1=C[C@H](C)[C@@H](CNC2CCCCC2)[C@@H](C)C1. The summed E-state index contributed by atoms with van der Waals surface area (Å²) in [5.41, 5.74) is 1.60. The monoisotopic (exact) mass is 235 g/mol. The lowest BCUT2D eigenvalue weighted by Crippen LogP contribution is -2.39. The molecule has 0 unspecified atom stereocenters. The fraction of sp³-hybridized carbons (Fsp3) is 0.875. The molecule has 0 aromatic heterocycles. The molecule has 2 rings (SSSR count). The lowest BCUT2D eigenvalue weighted by Gasteiger charge is -2.35. The van der Waals surface area contributed by atoms with Gasteiger partial charge >= 0.3 is 0 Å². The van der Waals surface area contributed by atoms with Crippen LogP contribution < -0.4 is 5.32 Å². The second-order valence-corrected chi connectivity index (χ2v) is 6.46. The highest BCUT2D eigenvalue weighted by atomic mass is 14.9. The molecule has 1 saturated carbocycles. The highest BCUT2D eigenvalue weighted by Gasteiger charge is 2.27. The lowest BCUT2D eigenvalue weighted by atomic mass is 9.75. The third-order valence-electron chi connectivity index (χ3n) is 4.85. The molecule has 0 bridgehead atoms. The first kappa shape index (κ1) is 13.1. The van der Waals surface area contributed by atoms with E-state index in [2.05, 4.69) is 32.2 Å². The van der Waals surface area contributed by atoms with Crippen LogP contribution in [0.1, 0.15) is 59.3 Å². The Morgan fingerprint density at radius 2 is 1.88 bits per heavy atom. The Bertz CT molecular complexity index is 263. The van der Waals surface area contributed by atoms with E-state index in [9.17, 15) is 0 Å². The van der Waals surface area contributed by atoms with Crippen molar-refractivity contribution in [2.45, 2.75) is 65.3 Å². The predicted molar refractivity (Wildman–Crippen MR) is 75.1 cm³/mol. The largest absolute Gasteiger partial charge is 0.314 e. The molecule has 1 heteroatoms. The van der Waals surface area contributed by atoms with Gasteiger partial charge in [0.2, 0.25) is 0 Å². The van der Waals surface area contributed by atoms with E-state index in [-0.39, 0.29) is 0 Å². The Kier molecular flexibility index (Phi) is 4.67. The van der Waals surface area contributed by atoms with Crippen LogP contribution in [0.4, 0.5) is 0 Å². The molecule has 0 radical (unpaired) electrons. The Labute approximate surface area is 107 Å². The summed E-state index contributed by atoms with van der Waals surface area (Å²) < 4.78 is 0.